The largest absolute Gasteiger partial charge is 0.355 e. The van der Waals surface area contributed by atoms with Gasteiger partial charge in [0, 0.05) is 11.8 Å². The Balaban J connectivity index is 1.71. The molecule has 1 atom stereocenters. The van der Waals surface area contributed by atoms with Crippen LogP contribution in [0.3, 0.4) is 0 Å². The van der Waals surface area contributed by atoms with Crippen LogP contribution in [0, 0.1) is 0 Å². The number of aliphatic imine (C=N–C) groups is 1. The van der Waals surface area contributed by atoms with Gasteiger partial charge in [0.25, 0.3) is 0 Å². The summed E-state index contributed by atoms with van der Waals surface area (Å²) >= 11 is 0. The third-order valence-corrected chi connectivity index (χ3v) is 4.90. The number of rotatable bonds is 7. The lowest BCUT2D eigenvalue weighted by atomic mass is 9.97. The lowest BCUT2D eigenvalue weighted by molar-refractivity contribution is 0.0952. The normalized spacial score (nSPS) is 12.2. The zero-order valence-electron chi connectivity index (χ0n) is 17.1. The molecule has 1 aromatic heterocycles. The Kier molecular flexibility index (Phi) is 6.61. The SMILES string of the molecule is O=C(c1ccccc1)C(NC(=NCc1ccccc1)c1ccccn1)c1ccccc1. The van der Waals surface area contributed by atoms with Gasteiger partial charge in [-0.15, -0.1) is 0 Å². The molecule has 0 fully saturated rings. The molecule has 0 radical (unpaired) electrons. The molecule has 0 aliphatic heterocycles. The molecule has 0 bridgehead atoms. The molecule has 4 heteroatoms. The van der Waals surface area contributed by atoms with E-state index in [9.17, 15) is 4.79 Å². The fourth-order valence-corrected chi connectivity index (χ4v) is 3.31. The summed E-state index contributed by atoms with van der Waals surface area (Å²) < 4.78 is 0. The van der Waals surface area contributed by atoms with Crippen molar-refractivity contribution in [1.29, 1.82) is 0 Å². The number of amidine groups is 1. The fourth-order valence-electron chi connectivity index (χ4n) is 3.31. The van der Waals surface area contributed by atoms with E-state index in [1.807, 2.05) is 109 Å². The number of aromatic nitrogens is 1. The molecular weight excluding hydrogens is 382 g/mol. The van der Waals surface area contributed by atoms with Crippen LogP contribution in [-0.4, -0.2) is 16.6 Å². The Hall–Kier alpha value is -4.05. The standard InChI is InChI=1S/C27H23N3O/c31-26(23-16-8-3-9-17-23)25(22-14-6-2-7-15-22)30-27(24-18-10-11-19-28-24)29-20-21-12-4-1-5-13-21/h1-19,25H,20H2,(H,29,30). The molecule has 1 N–H and O–H groups in total. The van der Waals surface area contributed by atoms with E-state index in [1.165, 1.54) is 0 Å². The lowest BCUT2D eigenvalue weighted by Gasteiger charge is -2.21. The Morgan fingerprint density at radius 1 is 0.774 bits per heavy atom. The number of Topliss-reactive ketones (excluding diaryl/α,β-unsaturated/α-hetero) is 1. The van der Waals surface area contributed by atoms with Crippen LogP contribution < -0.4 is 5.32 Å². The van der Waals surface area contributed by atoms with Gasteiger partial charge >= 0.3 is 0 Å². The van der Waals surface area contributed by atoms with Crippen molar-refractivity contribution in [3.63, 3.8) is 0 Å². The minimum atomic E-state index is -0.583. The predicted molar refractivity (Wildman–Crippen MR) is 124 cm³/mol. The molecule has 0 saturated carbocycles. The number of nitrogens with zero attached hydrogens (tertiary/aromatic N) is 2. The van der Waals surface area contributed by atoms with Crippen LogP contribution in [0.4, 0.5) is 0 Å². The molecule has 1 heterocycles. The van der Waals surface area contributed by atoms with E-state index in [0.717, 1.165) is 11.1 Å². The Bertz CT molecular complexity index is 1130. The maximum Gasteiger partial charge on any atom is 0.189 e. The minimum absolute atomic E-state index is 0.0184. The van der Waals surface area contributed by atoms with E-state index in [2.05, 4.69) is 10.3 Å². The van der Waals surface area contributed by atoms with E-state index in [4.69, 9.17) is 4.99 Å². The molecular formula is C27H23N3O. The molecule has 0 saturated heterocycles. The Morgan fingerprint density at radius 3 is 2.03 bits per heavy atom. The second kappa shape index (κ2) is 10.1. The van der Waals surface area contributed by atoms with Gasteiger partial charge in [-0.1, -0.05) is 97.1 Å². The summed E-state index contributed by atoms with van der Waals surface area (Å²) in [4.78, 5) is 22.7. The topological polar surface area (TPSA) is 54.4 Å². The highest BCUT2D eigenvalue weighted by Gasteiger charge is 2.24. The molecule has 0 aliphatic rings. The van der Waals surface area contributed by atoms with E-state index < -0.39 is 6.04 Å². The van der Waals surface area contributed by atoms with Gasteiger partial charge in [0.05, 0.1) is 6.54 Å². The van der Waals surface area contributed by atoms with Gasteiger partial charge in [-0.25, -0.2) is 0 Å². The van der Waals surface area contributed by atoms with Crippen LogP contribution in [0.15, 0.2) is 120 Å². The van der Waals surface area contributed by atoms with Crippen molar-refractivity contribution in [3.05, 3.63) is 138 Å². The molecule has 0 amide bonds. The zero-order chi connectivity index (χ0) is 21.3. The van der Waals surface area contributed by atoms with Crippen molar-refractivity contribution in [2.24, 2.45) is 4.99 Å². The summed E-state index contributed by atoms with van der Waals surface area (Å²) in [5.41, 5.74) is 3.30. The van der Waals surface area contributed by atoms with Gasteiger partial charge in [0.1, 0.15) is 17.6 Å². The van der Waals surface area contributed by atoms with E-state index in [0.29, 0.717) is 23.6 Å². The summed E-state index contributed by atoms with van der Waals surface area (Å²) in [7, 11) is 0. The molecule has 3 aromatic carbocycles. The summed E-state index contributed by atoms with van der Waals surface area (Å²) in [5.74, 6) is 0.567. The minimum Gasteiger partial charge on any atom is -0.355 e. The summed E-state index contributed by atoms with van der Waals surface area (Å²) in [6, 6.07) is 34.1. The first-order valence-corrected chi connectivity index (χ1v) is 10.2. The zero-order valence-corrected chi connectivity index (χ0v) is 17.1. The molecule has 0 spiro atoms. The van der Waals surface area contributed by atoms with Gasteiger partial charge in [0.15, 0.2) is 5.78 Å². The summed E-state index contributed by atoms with van der Waals surface area (Å²) in [6.07, 6.45) is 1.73. The quantitative estimate of drug-likeness (QED) is 0.260. The number of carbonyl (C=O) groups is 1. The average Bonchev–Trinajstić information content (AvgIpc) is 2.86. The first kappa shape index (κ1) is 20.2. The van der Waals surface area contributed by atoms with Crippen molar-refractivity contribution in [1.82, 2.24) is 10.3 Å². The molecule has 1 unspecified atom stereocenters. The molecule has 4 aromatic rings. The van der Waals surface area contributed by atoms with Gasteiger partial charge in [-0.2, -0.15) is 0 Å². The number of hydrogen-bond donors (Lipinski definition) is 1. The van der Waals surface area contributed by atoms with Crippen molar-refractivity contribution in [2.45, 2.75) is 12.6 Å². The third kappa shape index (κ3) is 5.31. The van der Waals surface area contributed by atoms with E-state index >= 15 is 0 Å². The van der Waals surface area contributed by atoms with Gasteiger partial charge in [-0.3, -0.25) is 14.8 Å². The number of ketones is 1. The van der Waals surface area contributed by atoms with Crippen LogP contribution in [0.2, 0.25) is 0 Å². The molecule has 0 aliphatic carbocycles. The second-order valence-electron chi connectivity index (χ2n) is 7.08. The second-order valence-corrected chi connectivity index (χ2v) is 7.08. The van der Waals surface area contributed by atoms with Crippen molar-refractivity contribution >= 4 is 11.6 Å². The highest BCUT2D eigenvalue weighted by molar-refractivity contribution is 6.05. The van der Waals surface area contributed by atoms with Crippen LogP contribution >= 0.6 is 0 Å². The van der Waals surface area contributed by atoms with Crippen molar-refractivity contribution in [3.8, 4) is 0 Å². The van der Waals surface area contributed by atoms with Crippen LogP contribution in [0.25, 0.3) is 0 Å². The maximum absolute atomic E-state index is 13.4. The van der Waals surface area contributed by atoms with Crippen LogP contribution in [-0.2, 0) is 6.54 Å². The molecule has 4 rings (SSSR count). The van der Waals surface area contributed by atoms with Crippen molar-refractivity contribution < 1.29 is 4.79 Å². The van der Waals surface area contributed by atoms with Crippen LogP contribution in [0.1, 0.15) is 33.2 Å². The molecule has 152 valence electrons. The first-order chi connectivity index (χ1) is 15.3. The Morgan fingerprint density at radius 2 is 1.39 bits per heavy atom. The fraction of sp³-hybridized carbons (Fsp3) is 0.0741. The van der Waals surface area contributed by atoms with Crippen LogP contribution in [0.5, 0.6) is 0 Å². The summed E-state index contributed by atoms with van der Waals surface area (Å²) in [6.45, 7) is 0.487. The first-order valence-electron chi connectivity index (χ1n) is 10.2. The lowest BCUT2D eigenvalue weighted by Crippen LogP contribution is -2.35. The van der Waals surface area contributed by atoms with E-state index in [-0.39, 0.29) is 5.78 Å². The van der Waals surface area contributed by atoms with Gasteiger partial charge in [-0.05, 0) is 23.3 Å². The molecule has 31 heavy (non-hydrogen) atoms. The smallest absolute Gasteiger partial charge is 0.189 e. The number of nitrogens with one attached hydrogen (secondary N) is 1. The summed E-state index contributed by atoms with van der Waals surface area (Å²) in [5, 5.41) is 3.39. The van der Waals surface area contributed by atoms with Gasteiger partial charge in [0.2, 0.25) is 0 Å². The number of pyridine rings is 1. The monoisotopic (exact) mass is 405 g/mol. The average molecular weight is 406 g/mol. The Labute approximate surface area is 182 Å². The number of benzene rings is 3. The van der Waals surface area contributed by atoms with Gasteiger partial charge < -0.3 is 5.32 Å². The highest BCUT2D eigenvalue weighted by atomic mass is 16.1. The maximum atomic E-state index is 13.4. The van der Waals surface area contributed by atoms with Crippen molar-refractivity contribution in [2.75, 3.05) is 0 Å². The molecule has 4 nitrogen and oxygen atoms in total. The third-order valence-electron chi connectivity index (χ3n) is 4.90. The number of carbonyl (C=O) groups excluding carboxylic acids is 1. The van der Waals surface area contributed by atoms with E-state index in [1.54, 1.807) is 6.20 Å². The highest BCUT2D eigenvalue weighted by Crippen LogP contribution is 2.19. The predicted octanol–water partition coefficient (Wildman–Crippen LogP) is 5.24. The number of hydrogen-bond acceptors (Lipinski definition) is 3.